The van der Waals surface area contributed by atoms with Gasteiger partial charge in [0, 0.05) is 6.04 Å². The summed E-state index contributed by atoms with van der Waals surface area (Å²) in [5.41, 5.74) is 6.11. The maximum absolute atomic E-state index is 12.6. The van der Waals surface area contributed by atoms with Crippen molar-refractivity contribution in [1.29, 1.82) is 0 Å². The lowest BCUT2D eigenvalue weighted by molar-refractivity contribution is 0.0888. The number of amides is 1. The predicted octanol–water partition coefficient (Wildman–Crippen LogP) is 1.95. The zero-order valence-electron chi connectivity index (χ0n) is 12.9. The van der Waals surface area contributed by atoms with Crippen LogP contribution in [-0.4, -0.2) is 31.7 Å². The normalized spacial score (nSPS) is 15.4. The third-order valence-electron chi connectivity index (χ3n) is 3.62. The van der Waals surface area contributed by atoms with Crippen LogP contribution in [0.5, 0.6) is 11.5 Å². The molecule has 21 heavy (non-hydrogen) atoms. The van der Waals surface area contributed by atoms with E-state index in [-0.39, 0.29) is 17.4 Å². The molecule has 0 aliphatic carbocycles. The second-order valence-electron chi connectivity index (χ2n) is 6.30. The fraction of sp³-hybridized carbons (Fsp3) is 0.562. The smallest absolute Gasteiger partial charge is 0.255 e. The van der Waals surface area contributed by atoms with Gasteiger partial charge in [-0.2, -0.15) is 0 Å². The molecule has 116 valence electrons. The van der Waals surface area contributed by atoms with E-state index in [1.165, 1.54) is 0 Å². The van der Waals surface area contributed by atoms with Crippen LogP contribution in [0.3, 0.4) is 0 Å². The van der Waals surface area contributed by atoms with Crippen molar-refractivity contribution in [2.45, 2.75) is 33.2 Å². The molecular formula is C16H24N2O3. The molecule has 0 spiro atoms. The number of carbonyl (C=O) groups is 1. The second-order valence-corrected chi connectivity index (χ2v) is 6.30. The number of hydrogen-bond acceptors (Lipinski definition) is 4. The first-order valence-electron chi connectivity index (χ1n) is 7.33. The molecule has 1 aliphatic rings. The lowest BCUT2D eigenvalue weighted by Crippen LogP contribution is -2.45. The number of fused-ring (bicyclic) bond motifs is 1. The Labute approximate surface area is 125 Å². The summed E-state index contributed by atoms with van der Waals surface area (Å²) in [6.45, 7) is 7.78. The maximum Gasteiger partial charge on any atom is 0.255 e. The van der Waals surface area contributed by atoms with Crippen LogP contribution in [0.15, 0.2) is 18.2 Å². The number of ether oxygens (including phenoxy) is 2. The third kappa shape index (κ3) is 3.67. The minimum atomic E-state index is -0.147. The summed E-state index contributed by atoms with van der Waals surface area (Å²) in [4.78, 5) is 12.6. The topological polar surface area (TPSA) is 73.6 Å². The van der Waals surface area contributed by atoms with E-state index in [4.69, 9.17) is 15.2 Å². The molecule has 2 rings (SSSR count). The molecule has 1 atom stereocenters. The van der Waals surface area contributed by atoms with Gasteiger partial charge in [-0.05, 0) is 30.5 Å². The molecule has 3 N–H and O–H groups in total. The summed E-state index contributed by atoms with van der Waals surface area (Å²) in [5.74, 6) is 1.01. The summed E-state index contributed by atoms with van der Waals surface area (Å²) in [5, 5.41) is 3.07. The Morgan fingerprint density at radius 2 is 2.05 bits per heavy atom. The van der Waals surface area contributed by atoms with Crippen molar-refractivity contribution in [3.8, 4) is 11.5 Å². The third-order valence-corrected chi connectivity index (χ3v) is 3.62. The second kappa shape index (κ2) is 6.35. The Balaban J connectivity index is 2.20. The Bertz CT molecular complexity index is 509. The van der Waals surface area contributed by atoms with Gasteiger partial charge < -0.3 is 20.5 Å². The average Bonchev–Trinajstić information content (AvgIpc) is 2.45. The van der Waals surface area contributed by atoms with Crippen molar-refractivity contribution in [2.24, 2.45) is 11.1 Å². The van der Waals surface area contributed by atoms with Gasteiger partial charge in [0.25, 0.3) is 5.91 Å². The van der Waals surface area contributed by atoms with Crippen LogP contribution in [0.25, 0.3) is 0 Å². The number of nitrogens with one attached hydrogen (secondary N) is 1. The molecule has 0 bridgehead atoms. The minimum absolute atomic E-state index is 0.00960. The molecule has 0 aromatic heterocycles. The first-order chi connectivity index (χ1) is 9.93. The van der Waals surface area contributed by atoms with Crippen LogP contribution >= 0.6 is 0 Å². The molecule has 1 amide bonds. The highest BCUT2D eigenvalue weighted by Crippen LogP contribution is 2.34. The first kappa shape index (κ1) is 15.6. The lowest BCUT2D eigenvalue weighted by Gasteiger charge is -2.31. The summed E-state index contributed by atoms with van der Waals surface area (Å²) >= 11 is 0. The highest BCUT2D eigenvalue weighted by Gasteiger charge is 2.28. The number of para-hydroxylation sites is 1. The summed E-state index contributed by atoms with van der Waals surface area (Å²) in [7, 11) is 0. The largest absolute Gasteiger partial charge is 0.486 e. The molecular weight excluding hydrogens is 268 g/mol. The fourth-order valence-corrected chi connectivity index (χ4v) is 2.38. The van der Waals surface area contributed by atoms with Crippen LogP contribution in [0.4, 0.5) is 0 Å². The molecule has 1 aromatic carbocycles. The SMILES string of the molecule is CC(C)(C)C(CCN)NC(=O)c1cccc2c1OCCO2. The Kier molecular flexibility index (Phi) is 4.73. The maximum atomic E-state index is 12.6. The van der Waals surface area contributed by atoms with Crippen LogP contribution in [0.1, 0.15) is 37.6 Å². The fourth-order valence-electron chi connectivity index (χ4n) is 2.38. The van der Waals surface area contributed by atoms with Gasteiger partial charge in [-0.15, -0.1) is 0 Å². The van der Waals surface area contributed by atoms with E-state index in [1.807, 2.05) is 6.07 Å². The Morgan fingerprint density at radius 3 is 2.71 bits per heavy atom. The van der Waals surface area contributed by atoms with E-state index >= 15 is 0 Å². The summed E-state index contributed by atoms with van der Waals surface area (Å²) < 4.78 is 11.1. The van der Waals surface area contributed by atoms with Crippen molar-refractivity contribution in [2.75, 3.05) is 19.8 Å². The molecule has 1 unspecified atom stereocenters. The lowest BCUT2D eigenvalue weighted by atomic mass is 9.84. The molecule has 0 saturated carbocycles. The number of nitrogens with two attached hydrogens (primary N) is 1. The summed E-state index contributed by atoms with van der Waals surface area (Å²) in [6.07, 6.45) is 0.738. The van der Waals surface area contributed by atoms with E-state index in [0.29, 0.717) is 36.8 Å². The van der Waals surface area contributed by atoms with Crippen molar-refractivity contribution in [1.82, 2.24) is 5.32 Å². The van der Waals surface area contributed by atoms with Gasteiger partial charge in [0.1, 0.15) is 13.2 Å². The first-order valence-corrected chi connectivity index (χ1v) is 7.33. The van der Waals surface area contributed by atoms with E-state index in [9.17, 15) is 4.79 Å². The van der Waals surface area contributed by atoms with E-state index in [1.54, 1.807) is 12.1 Å². The van der Waals surface area contributed by atoms with Crippen LogP contribution in [0, 0.1) is 5.41 Å². The summed E-state index contributed by atoms with van der Waals surface area (Å²) in [6, 6.07) is 5.38. The molecule has 1 heterocycles. The van der Waals surface area contributed by atoms with Gasteiger partial charge in [0.15, 0.2) is 11.5 Å². The molecule has 5 nitrogen and oxygen atoms in total. The monoisotopic (exact) mass is 292 g/mol. The number of carbonyl (C=O) groups excluding carboxylic acids is 1. The molecule has 5 heteroatoms. The van der Waals surface area contributed by atoms with E-state index in [2.05, 4.69) is 26.1 Å². The molecule has 0 fully saturated rings. The van der Waals surface area contributed by atoms with Gasteiger partial charge in [0.2, 0.25) is 0 Å². The average molecular weight is 292 g/mol. The van der Waals surface area contributed by atoms with Crippen molar-refractivity contribution >= 4 is 5.91 Å². The quantitative estimate of drug-likeness (QED) is 0.889. The molecule has 0 radical (unpaired) electrons. The van der Waals surface area contributed by atoms with Crippen LogP contribution in [-0.2, 0) is 0 Å². The number of rotatable bonds is 4. The van der Waals surface area contributed by atoms with Gasteiger partial charge in [-0.3, -0.25) is 4.79 Å². The van der Waals surface area contributed by atoms with Crippen LogP contribution in [0.2, 0.25) is 0 Å². The minimum Gasteiger partial charge on any atom is -0.486 e. The molecule has 0 saturated heterocycles. The predicted molar refractivity (Wildman–Crippen MR) is 81.8 cm³/mol. The van der Waals surface area contributed by atoms with Gasteiger partial charge >= 0.3 is 0 Å². The zero-order chi connectivity index (χ0) is 15.5. The van der Waals surface area contributed by atoms with Crippen molar-refractivity contribution in [3.05, 3.63) is 23.8 Å². The Morgan fingerprint density at radius 1 is 1.33 bits per heavy atom. The number of benzene rings is 1. The van der Waals surface area contributed by atoms with E-state index in [0.717, 1.165) is 6.42 Å². The number of hydrogen-bond donors (Lipinski definition) is 2. The zero-order valence-corrected chi connectivity index (χ0v) is 12.9. The Hall–Kier alpha value is -1.75. The highest BCUT2D eigenvalue weighted by atomic mass is 16.6. The van der Waals surface area contributed by atoms with Gasteiger partial charge in [0.05, 0.1) is 5.56 Å². The standard InChI is InChI=1S/C16H24N2O3/c1-16(2,3)13(7-8-17)18-15(19)11-5-4-6-12-14(11)21-10-9-20-12/h4-6,13H,7-10,17H2,1-3H3,(H,18,19). The van der Waals surface area contributed by atoms with E-state index < -0.39 is 0 Å². The van der Waals surface area contributed by atoms with Gasteiger partial charge in [-0.1, -0.05) is 26.8 Å². The van der Waals surface area contributed by atoms with Crippen molar-refractivity contribution in [3.63, 3.8) is 0 Å². The molecule has 1 aromatic rings. The van der Waals surface area contributed by atoms with Crippen LogP contribution < -0.4 is 20.5 Å². The highest BCUT2D eigenvalue weighted by molar-refractivity contribution is 5.98. The molecule has 1 aliphatic heterocycles. The van der Waals surface area contributed by atoms with Gasteiger partial charge in [-0.25, -0.2) is 0 Å². The van der Waals surface area contributed by atoms with Crippen molar-refractivity contribution < 1.29 is 14.3 Å².